The van der Waals surface area contributed by atoms with Gasteiger partial charge in [0.1, 0.15) is 0 Å². The van der Waals surface area contributed by atoms with Gasteiger partial charge in [0, 0.05) is 22.8 Å². The Kier molecular flexibility index (Phi) is 5.63. The van der Waals surface area contributed by atoms with Crippen molar-refractivity contribution < 1.29 is 13.2 Å². The Morgan fingerprint density at radius 3 is 2.35 bits per heavy atom. The van der Waals surface area contributed by atoms with Gasteiger partial charge in [-0.05, 0) is 42.8 Å². The van der Waals surface area contributed by atoms with E-state index in [1.54, 1.807) is 37.3 Å². The van der Waals surface area contributed by atoms with Gasteiger partial charge in [-0.1, -0.05) is 29.8 Å². The number of halogens is 1. The number of hydrogen-bond donors (Lipinski definition) is 2. The number of benzene rings is 2. The summed E-state index contributed by atoms with van der Waals surface area (Å²) in [5.41, 5.74) is 1.70. The lowest BCUT2D eigenvalue weighted by Gasteiger charge is -2.09. The standard InChI is InChI=1S/C16H17ClN2O3S/c1-2-23(21,22)19-14-9-7-12(8-10-14)16(20)18-11-13-5-3-4-6-15(13)17/h3-10,19H,2,11H2,1H3,(H,18,20). The van der Waals surface area contributed by atoms with E-state index in [0.29, 0.717) is 22.8 Å². The van der Waals surface area contributed by atoms with E-state index in [2.05, 4.69) is 10.0 Å². The summed E-state index contributed by atoms with van der Waals surface area (Å²) in [7, 11) is -3.32. The first-order valence-corrected chi connectivity index (χ1v) is 9.06. The van der Waals surface area contributed by atoms with Gasteiger partial charge in [0.25, 0.3) is 5.91 Å². The van der Waals surface area contributed by atoms with Crippen molar-refractivity contribution >= 4 is 33.2 Å². The maximum Gasteiger partial charge on any atom is 0.251 e. The molecule has 0 bridgehead atoms. The molecule has 0 saturated heterocycles. The van der Waals surface area contributed by atoms with E-state index in [1.807, 2.05) is 18.2 Å². The van der Waals surface area contributed by atoms with E-state index in [4.69, 9.17) is 11.6 Å². The van der Waals surface area contributed by atoms with Gasteiger partial charge >= 0.3 is 0 Å². The van der Waals surface area contributed by atoms with Crippen LogP contribution in [0.2, 0.25) is 5.02 Å². The number of amides is 1. The van der Waals surface area contributed by atoms with Crippen LogP contribution in [0.5, 0.6) is 0 Å². The lowest BCUT2D eigenvalue weighted by molar-refractivity contribution is 0.0951. The summed E-state index contributed by atoms with van der Waals surface area (Å²) in [6.07, 6.45) is 0. The van der Waals surface area contributed by atoms with Crippen LogP contribution in [0, 0.1) is 0 Å². The van der Waals surface area contributed by atoms with Crippen LogP contribution in [0.25, 0.3) is 0 Å². The Bertz CT molecular complexity index is 789. The number of carbonyl (C=O) groups excluding carboxylic acids is 1. The average Bonchev–Trinajstić information content (AvgIpc) is 2.54. The number of anilines is 1. The van der Waals surface area contributed by atoms with Crippen LogP contribution in [0.15, 0.2) is 48.5 Å². The van der Waals surface area contributed by atoms with E-state index in [-0.39, 0.29) is 11.7 Å². The van der Waals surface area contributed by atoms with Gasteiger partial charge in [-0.25, -0.2) is 8.42 Å². The summed E-state index contributed by atoms with van der Waals surface area (Å²) < 4.78 is 25.4. The van der Waals surface area contributed by atoms with Gasteiger partial charge in [-0.15, -0.1) is 0 Å². The van der Waals surface area contributed by atoms with Crippen molar-refractivity contribution in [2.45, 2.75) is 13.5 Å². The lowest BCUT2D eigenvalue weighted by atomic mass is 10.2. The zero-order valence-corrected chi connectivity index (χ0v) is 14.1. The smallest absolute Gasteiger partial charge is 0.251 e. The zero-order valence-electron chi connectivity index (χ0n) is 12.5. The van der Waals surface area contributed by atoms with Crippen molar-refractivity contribution in [3.05, 3.63) is 64.7 Å². The number of hydrogen-bond acceptors (Lipinski definition) is 3. The molecule has 0 atom stereocenters. The average molecular weight is 353 g/mol. The summed E-state index contributed by atoms with van der Waals surface area (Å²) in [4.78, 5) is 12.1. The summed E-state index contributed by atoms with van der Waals surface area (Å²) in [5.74, 6) is -0.262. The van der Waals surface area contributed by atoms with Crippen LogP contribution in [0.1, 0.15) is 22.8 Å². The molecule has 1 amide bonds. The fraction of sp³-hybridized carbons (Fsp3) is 0.188. The number of sulfonamides is 1. The Morgan fingerprint density at radius 2 is 1.74 bits per heavy atom. The number of carbonyl (C=O) groups is 1. The molecule has 7 heteroatoms. The van der Waals surface area contributed by atoms with E-state index in [1.165, 1.54) is 0 Å². The van der Waals surface area contributed by atoms with Crippen LogP contribution >= 0.6 is 11.6 Å². The van der Waals surface area contributed by atoms with Crippen molar-refractivity contribution in [1.82, 2.24) is 5.32 Å². The molecule has 0 aromatic heterocycles. The monoisotopic (exact) mass is 352 g/mol. The van der Waals surface area contributed by atoms with Gasteiger partial charge < -0.3 is 5.32 Å². The maximum atomic E-state index is 12.1. The molecule has 0 aliphatic carbocycles. The lowest BCUT2D eigenvalue weighted by Crippen LogP contribution is -2.23. The molecule has 0 saturated carbocycles. The molecule has 23 heavy (non-hydrogen) atoms. The van der Waals surface area contributed by atoms with E-state index in [0.717, 1.165) is 5.56 Å². The van der Waals surface area contributed by atoms with Crippen LogP contribution in [-0.2, 0) is 16.6 Å². The fourth-order valence-corrected chi connectivity index (χ4v) is 2.70. The molecule has 0 aliphatic rings. The highest BCUT2D eigenvalue weighted by atomic mass is 35.5. The molecule has 0 fully saturated rings. The highest BCUT2D eigenvalue weighted by Gasteiger charge is 2.09. The first-order valence-electron chi connectivity index (χ1n) is 7.03. The minimum Gasteiger partial charge on any atom is -0.348 e. The van der Waals surface area contributed by atoms with Crippen molar-refractivity contribution in [3.8, 4) is 0 Å². The summed E-state index contributed by atoms with van der Waals surface area (Å²) >= 11 is 6.03. The highest BCUT2D eigenvalue weighted by molar-refractivity contribution is 7.92. The number of rotatable bonds is 6. The molecule has 2 aromatic carbocycles. The normalized spacial score (nSPS) is 11.0. The topological polar surface area (TPSA) is 75.3 Å². The van der Waals surface area contributed by atoms with Crippen LogP contribution in [0.3, 0.4) is 0 Å². The third-order valence-electron chi connectivity index (χ3n) is 3.20. The van der Waals surface area contributed by atoms with Crippen LogP contribution in [-0.4, -0.2) is 20.1 Å². The number of nitrogens with one attached hydrogen (secondary N) is 2. The van der Waals surface area contributed by atoms with Gasteiger partial charge in [0.2, 0.25) is 10.0 Å². The summed E-state index contributed by atoms with van der Waals surface area (Å²) in [6.45, 7) is 1.88. The molecule has 2 N–H and O–H groups in total. The van der Waals surface area contributed by atoms with Crippen molar-refractivity contribution in [2.75, 3.05) is 10.5 Å². The Labute approximate surface area is 140 Å². The third-order valence-corrected chi connectivity index (χ3v) is 4.87. The molecule has 122 valence electrons. The molecule has 0 unspecified atom stereocenters. The summed E-state index contributed by atoms with van der Waals surface area (Å²) in [5, 5.41) is 3.37. The fourth-order valence-electron chi connectivity index (χ4n) is 1.86. The van der Waals surface area contributed by atoms with E-state index < -0.39 is 10.0 Å². The second-order valence-corrected chi connectivity index (χ2v) is 7.28. The zero-order chi connectivity index (χ0) is 16.9. The van der Waals surface area contributed by atoms with Gasteiger partial charge in [0.05, 0.1) is 5.75 Å². The van der Waals surface area contributed by atoms with Gasteiger partial charge in [0.15, 0.2) is 0 Å². The SMILES string of the molecule is CCS(=O)(=O)Nc1ccc(C(=O)NCc2ccccc2Cl)cc1. The molecule has 0 heterocycles. The Hall–Kier alpha value is -2.05. The quantitative estimate of drug-likeness (QED) is 0.839. The van der Waals surface area contributed by atoms with Crippen LogP contribution in [0.4, 0.5) is 5.69 Å². The largest absolute Gasteiger partial charge is 0.348 e. The second-order valence-electron chi connectivity index (χ2n) is 4.86. The van der Waals surface area contributed by atoms with Crippen molar-refractivity contribution in [1.29, 1.82) is 0 Å². The van der Waals surface area contributed by atoms with Crippen molar-refractivity contribution in [2.24, 2.45) is 0 Å². The van der Waals surface area contributed by atoms with E-state index >= 15 is 0 Å². The first-order chi connectivity index (χ1) is 10.9. The molecular weight excluding hydrogens is 336 g/mol. The Morgan fingerprint density at radius 1 is 1.09 bits per heavy atom. The van der Waals surface area contributed by atoms with Crippen molar-refractivity contribution in [3.63, 3.8) is 0 Å². The molecular formula is C16H17ClN2O3S. The maximum absolute atomic E-state index is 12.1. The van der Waals surface area contributed by atoms with E-state index in [9.17, 15) is 13.2 Å². The first kappa shape index (κ1) is 17.3. The Balaban J connectivity index is 1.99. The third kappa shape index (κ3) is 4.97. The molecule has 2 rings (SSSR count). The second kappa shape index (κ2) is 7.48. The predicted octanol–water partition coefficient (Wildman–Crippen LogP) is 3.03. The molecule has 5 nitrogen and oxygen atoms in total. The molecule has 0 aliphatic heterocycles. The predicted molar refractivity (Wildman–Crippen MR) is 92.1 cm³/mol. The summed E-state index contributed by atoms with van der Waals surface area (Å²) in [6, 6.07) is 13.5. The minimum atomic E-state index is -3.32. The molecule has 0 radical (unpaired) electrons. The molecule has 0 spiro atoms. The van der Waals surface area contributed by atoms with Crippen LogP contribution < -0.4 is 10.0 Å². The highest BCUT2D eigenvalue weighted by Crippen LogP contribution is 2.15. The minimum absolute atomic E-state index is 0.00687. The van der Waals surface area contributed by atoms with Gasteiger partial charge in [-0.2, -0.15) is 0 Å². The van der Waals surface area contributed by atoms with Gasteiger partial charge in [-0.3, -0.25) is 9.52 Å². The molecule has 2 aromatic rings.